The maximum Gasteiger partial charge on any atom is 0.293 e. The molecule has 0 aliphatic heterocycles. The number of furan rings is 1. The molecule has 0 saturated carbocycles. The molecule has 0 atom stereocenters. The first kappa shape index (κ1) is 18.0. The zero-order valence-electron chi connectivity index (χ0n) is 14.8. The average Bonchev–Trinajstić information content (AvgIpc) is 3.22. The van der Waals surface area contributed by atoms with E-state index in [-0.39, 0.29) is 24.4 Å². The van der Waals surface area contributed by atoms with Crippen molar-refractivity contribution in [2.75, 3.05) is 5.32 Å². The summed E-state index contributed by atoms with van der Waals surface area (Å²) in [4.78, 5) is 16.4. The summed E-state index contributed by atoms with van der Waals surface area (Å²) in [7, 11) is 0. The van der Waals surface area contributed by atoms with Crippen LogP contribution >= 0.6 is 11.3 Å². The number of thiazole rings is 1. The third-order valence-corrected chi connectivity index (χ3v) is 4.16. The summed E-state index contributed by atoms with van der Waals surface area (Å²) in [6.07, 6.45) is 0.0954. The predicted octanol–water partition coefficient (Wildman–Crippen LogP) is 4.66. The Hall–Kier alpha value is -2.80. The summed E-state index contributed by atoms with van der Waals surface area (Å²) in [5.74, 6) is 1.85. The number of carbonyl (C=O) groups is 1. The van der Waals surface area contributed by atoms with Crippen molar-refractivity contribution in [3.8, 4) is 11.5 Å². The highest BCUT2D eigenvalue weighted by molar-refractivity contribution is 7.13. The smallest absolute Gasteiger partial charge is 0.293 e. The van der Waals surface area contributed by atoms with E-state index < -0.39 is 0 Å². The third-order valence-electron chi connectivity index (χ3n) is 3.28. The molecule has 0 aliphatic rings. The quantitative estimate of drug-likeness (QED) is 0.653. The SMILES string of the molecule is Cc1csc(NC(=O)c2ccc(COc3cccc(OC(C)C)c3)o2)n1. The fourth-order valence-corrected chi connectivity index (χ4v) is 2.89. The third kappa shape index (κ3) is 4.86. The van der Waals surface area contributed by atoms with Crippen LogP contribution in [0.25, 0.3) is 0 Å². The molecule has 0 fully saturated rings. The number of aromatic nitrogens is 1. The summed E-state index contributed by atoms with van der Waals surface area (Å²) < 4.78 is 16.9. The van der Waals surface area contributed by atoms with Crippen molar-refractivity contribution in [3.05, 3.63) is 59.0 Å². The highest BCUT2D eigenvalue weighted by Crippen LogP contribution is 2.22. The van der Waals surface area contributed by atoms with Crippen LogP contribution in [0.2, 0.25) is 0 Å². The maximum absolute atomic E-state index is 12.2. The predicted molar refractivity (Wildman–Crippen MR) is 100 cm³/mol. The van der Waals surface area contributed by atoms with Crippen LogP contribution < -0.4 is 14.8 Å². The fourth-order valence-electron chi connectivity index (χ4n) is 2.21. The van der Waals surface area contributed by atoms with Crippen molar-refractivity contribution < 1.29 is 18.7 Å². The molecule has 7 heteroatoms. The van der Waals surface area contributed by atoms with Gasteiger partial charge in [0.1, 0.15) is 23.9 Å². The van der Waals surface area contributed by atoms with E-state index in [1.54, 1.807) is 12.1 Å². The summed E-state index contributed by atoms with van der Waals surface area (Å²) in [6, 6.07) is 10.7. The summed E-state index contributed by atoms with van der Waals surface area (Å²) >= 11 is 1.37. The van der Waals surface area contributed by atoms with Gasteiger partial charge >= 0.3 is 0 Å². The maximum atomic E-state index is 12.2. The molecule has 0 spiro atoms. The lowest BCUT2D eigenvalue weighted by molar-refractivity contribution is 0.0992. The van der Waals surface area contributed by atoms with Gasteiger partial charge in [0.05, 0.1) is 11.8 Å². The van der Waals surface area contributed by atoms with Gasteiger partial charge in [0.25, 0.3) is 5.91 Å². The Morgan fingerprint density at radius 2 is 2.08 bits per heavy atom. The lowest BCUT2D eigenvalue weighted by Crippen LogP contribution is -2.10. The zero-order valence-corrected chi connectivity index (χ0v) is 15.6. The Morgan fingerprint density at radius 1 is 1.27 bits per heavy atom. The van der Waals surface area contributed by atoms with E-state index in [0.717, 1.165) is 11.4 Å². The van der Waals surface area contributed by atoms with Gasteiger partial charge in [-0.2, -0.15) is 0 Å². The van der Waals surface area contributed by atoms with Crippen molar-refractivity contribution in [2.24, 2.45) is 0 Å². The molecule has 6 nitrogen and oxygen atoms in total. The van der Waals surface area contributed by atoms with Crippen LogP contribution in [-0.4, -0.2) is 17.0 Å². The lowest BCUT2D eigenvalue weighted by atomic mass is 10.3. The Labute approximate surface area is 155 Å². The van der Waals surface area contributed by atoms with Crippen LogP contribution in [0.1, 0.15) is 35.9 Å². The van der Waals surface area contributed by atoms with Gasteiger partial charge in [-0.1, -0.05) is 6.07 Å². The molecule has 0 bridgehead atoms. The van der Waals surface area contributed by atoms with Crippen molar-refractivity contribution in [1.82, 2.24) is 4.98 Å². The number of nitrogens with one attached hydrogen (secondary N) is 1. The molecule has 26 heavy (non-hydrogen) atoms. The molecule has 0 saturated heterocycles. The van der Waals surface area contributed by atoms with E-state index in [2.05, 4.69) is 10.3 Å². The summed E-state index contributed by atoms with van der Waals surface area (Å²) in [5, 5.41) is 5.12. The van der Waals surface area contributed by atoms with Gasteiger partial charge in [-0.3, -0.25) is 10.1 Å². The van der Waals surface area contributed by atoms with Gasteiger partial charge in [0.2, 0.25) is 0 Å². The van der Waals surface area contributed by atoms with Crippen LogP contribution in [-0.2, 0) is 6.61 Å². The molecular weight excluding hydrogens is 352 g/mol. The minimum absolute atomic E-state index is 0.0954. The number of benzene rings is 1. The summed E-state index contributed by atoms with van der Waals surface area (Å²) in [6.45, 7) is 6.02. The van der Waals surface area contributed by atoms with E-state index in [9.17, 15) is 4.79 Å². The molecule has 0 aliphatic carbocycles. The van der Waals surface area contributed by atoms with E-state index in [1.807, 2.05) is 50.4 Å². The molecule has 0 unspecified atom stereocenters. The van der Waals surface area contributed by atoms with Crippen LogP contribution in [0.5, 0.6) is 11.5 Å². The number of nitrogens with zero attached hydrogens (tertiary/aromatic N) is 1. The minimum Gasteiger partial charge on any atom is -0.491 e. The fraction of sp³-hybridized carbons (Fsp3) is 0.263. The second-order valence-corrected chi connectivity index (χ2v) is 6.80. The number of ether oxygens (including phenoxy) is 2. The van der Waals surface area contributed by atoms with Gasteiger partial charge in [-0.15, -0.1) is 11.3 Å². The minimum atomic E-state index is -0.335. The number of amides is 1. The average molecular weight is 372 g/mol. The number of carbonyl (C=O) groups excluding carboxylic acids is 1. The van der Waals surface area contributed by atoms with Crippen LogP contribution in [0.15, 0.2) is 46.2 Å². The molecule has 1 amide bonds. The second kappa shape index (κ2) is 8.05. The molecule has 1 aromatic carbocycles. The van der Waals surface area contributed by atoms with Crippen LogP contribution in [0.3, 0.4) is 0 Å². The number of aryl methyl sites for hydroxylation is 1. The largest absolute Gasteiger partial charge is 0.491 e. The number of rotatable bonds is 7. The van der Waals surface area contributed by atoms with Gasteiger partial charge in [0.15, 0.2) is 10.9 Å². The molecule has 2 heterocycles. The first-order chi connectivity index (χ1) is 12.5. The van der Waals surface area contributed by atoms with Crippen molar-refractivity contribution >= 4 is 22.4 Å². The highest BCUT2D eigenvalue weighted by atomic mass is 32.1. The van der Waals surface area contributed by atoms with Crippen LogP contribution in [0.4, 0.5) is 5.13 Å². The molecule has 2 aromatic heterocycles. The monoisotopic (exact) mass is 372 g/mol. The number of hydrogen-bond acceptors (Lipinski definition) is 6. The first-order valence-corrected chi connectivity index (χ1v) is 9.09. The van der Waals surface area contributed by atoms with E-state index >= 15 is 0 Å². The normalized spacial score (nSPS) is 10.8. The van der Waals surface area contributed by atoms with E-state index in [4.69, 9.17) is 13.9 Å². The van der Waals surface area contributed by atoms with Gasteiger partial charge in [-0.25, -0.2) is 4.98 Å². The topological polar surface area (TPSA) is 73.6 Å². The summed E-state index contributed by atoms with van der Waals surface area (Å²) in [5.41, 5.74) is 0.863. The number of anilines is 1. The standard InChI is InChI=1S/C19H20N2O4S/c1-12(2)24-15-6-4-5-14(9-15)23-10-16-7-8-17(25-16)18(22)21-19-20-13(3)11-26-19/h4-9,11-12H,10H2,1-3H3,(H,20,21,22). The Morgan fingerprint density at radius 3 is 2.81 bits per heavy atom. The molecule has 0 radical (unpaired) electrons. The second-order valence-electron chi connectivity index (χ2n) is 5.94. The van der Waals surface area contributed by atoms with E-state index in [1.165, 1.54) is 11.3 Å². The van der Waals surface area contributed by atoms with Gasteiger partial charge < -0.3 is 13.9 Å². The van der Waals surface area contributed by atoms with Crippen LogP contribution in [0, 0.1) is 6.92 Å². The Bertz CT molecular complexity index is 885. The van der Waals surface area contributed by atoms with Crippen molar-refractivity contribution in [1.29, 1.82) is 0 Å². The first-order valence-electron chi connectivity index (χ1n) is 8.21. The molecular formula is C19H20N2O4S. The van der Waals surface area contributed by atoms with Crippen molar-refractivity contribution in [2.45, 2.75) is 33.5 Å². The van der Waals surface area contributed by atoms with Crippen molar-refractivity contribution in [3.63, 3.8) is 0 Å². The van der Waals surface area contributed by atoms with Gasteiger partial charge in [0, 0.05) is 11.4 Å². The zero-order chi connectivity index (χ0) is 18.5. The highest BCUT2D eigenvalue weighted by Gasteiger charge is 2.13. The van der Waals surface area contributed by atoms with Gasteiger partial charge in [-0.05, 0) is 45.0 Å². The molecule has 1 N–H and O–H groups in total. The number of hydrogen-bond donors (Lipinski definition) is 1. The van der Waals surface area contributed by atoms with E-state index in [0.29, 0.717) is 16.6 Å². The Kier molecular flexibility index (Phi) is 5.58. The molecule has 136 valence electrons. The molecule has 3 aromatic rings. The molecule has 3 rings (SSSR count). The lowest BCUT2D eigenvalue weighted by Gasteiger charge is -2.11. The Balaban J connectivity index is 1.57.